The molecule has 2 rings (SSSR count). The van der Waals surface area contributed by atoms with Crippen LogP contribution in [0.25, 0.3) is 10.8 Å². The van der Waals surface area contributed by atoms with Crippen LogP contribution >= 0.6 is 0 Å². The van der Waals surface area contributed by atoms with Gasteiger partial charge in [0.05, 0.1) is 7.11 Å². The van der Waals surface area contributed by atoms with E-state index < -0.39 is 0 Å². The zero-order valence-electron chi connectivity index (χ0n) is 13.1. The Morgan fingerprint density at radius 2 is 2.00 bits per heavy atom. The lowest BCUT2D eigenvalue weighted by Gasteiger charge is -2.30. The lowest BCUT2D eigenvalue weighted by molar-refractivity contribution is 0.294. The second kappa shape index (κ2) is 6.76. The first kappa shape index (κ1) is 15.6. The van der Waals surface area contributed by atoms with Gasteiger partial charge in [-0.2, -0.15) is 0 Å². The van der Waals surface area contributed by atoms with E-state index in [9.17, 15) is 0 Å². The zero-order valence-corrected chi connectivity index (χ0v) is 13.1. The first-order valence-electron chi connectivity index (χ1n) is 7.54. The molecule has 0 amide bonds. The minimum absolute atomic E-state index is 0.128. The summed E-state index contributed by atoms with van der Waals surface area (Å²) in [6.07, 6.45) is 3.95. The van der Waals surface area contributed by atoms with E-state index in [1.165, 1.54) is 0 Å². The highest BCUT2D eigenvalue weighted by Gasteiger charge is 2.24. The number of nitrogens with one attached hydrogen (secondary N) is 1. The molecule has 1 aromatic carbocycles. The van der Waals surface area contributed by atoms with Crippen LogP contribution in [0.5, 0.6) is 5.75 Å². The number of hydrogen-bond acceptors (Lipinski definition) is 4. The SMILES string of the molecule is CCC(CC)(CN)CNc1nccc2ccc(OC)cc12. The summed E-state index contributed by atoms with van der Waals surface area (Å²) < 4.78 is 5.31. The van der Waals surface area contributed by atoms with Gasteiger partial charge in [0.2, 0.25) is 0 Å². The van der Waals surface area contributed by atoms with Crippen LogP contribution in [0.15, 0.2) is 30.5 Å². The van der Waals surface area contributed by atoms with Gasteiger partial charge >= 0.3 is 0 Å². The van der Waals surface area contributed by atoms with Gasteiger partial charge in [0.15, 0.2) is 0 Å². The average Bonchev–Trinajstić information content (AvgIpc) is 2.56. The van der Waals surface area contributed by atoms with Gasteiger partial charge in [0.1, 0.15) is 11.6 Å². The predicted molar refractivity (Wildman–Crippen MR) is 88.9 cm³/mol. The van der Waals surface area contributed by atoms with Crippen molar-refractivity contribution in [3.63, 3.8) is 0 Å². The number of fused-ring (bicyclic) bond motifs is 1. The van der Waals surface area contributed by atoms with E-state index in [2.05, 4.69) is 30.2 Å². The van der Waals surface area contributed by atoms with E-state index in [4.69, 9.17) is 10.5 Å². The third-order valence-corrected chi connectivity index (χ3v) is 4.54. The van der Waals surface area contributed by atoms with Crippen LogP contribution in [0.4, 0.5) is 5.82 Å². The Morgan fingerprint density at radius 3 is 2.62 bits per heavy atom. The van der Waals surface area contributed by atoms with Crippen LogP contribution in [0.2, 0.25) is 0 Å². The van der Waals surface area contributed by atoms with Crippen LogP contribution in [-0.2, 0) is 0 Å². The minimum atomic E-state index is 0.128. The molecule has 0 saturated heterocycles. The first-order chi connectivity index (χ1) is 10.2. The van der Waals surface area contributed by atoms with Crippen LogP contribution in [0, 0.1) is 5.41 Å². The standard InChI is InChI=1S/C17H25N3O/c1-4-17(5-2,11-18)12-20-16-15-10-14(21-3)7-6-13(15)8-9-19-16/h6-10H,4-5,11-12,18H2,1-3H3,(H,19,20). The Morgan fingerprint density at radius 1 is 1.24 bits per heavy atom. The normalized spacial score (nSPS) is 11.6. The number of pyridine rings is 1. The summed E-state index contributed by atoms with van der Waals surface area (Å²) in [7, 11) is 1.68. The maximum Gasteiger partial charge on any atom is 0.133 e. The van der Waals surface area contributed by atoms with Crippen molar-refractivity contribution in [3.05, 3.63) is 30.5 Å². The molecule has 0 bridgehead atoms. The van der Waals surface area contributed by atoms with E-state index in [0.717, 1.165) is 41.7 Å². The molecule has 3 N–H and O–H groups in total. The average molecular weight is 287 g/mol. The summed E-state index contributed by atoms with van der Waals surface area (Å²) >= 11 is 0. The van der Waals surface area contributed by atoms with Crippen molar-refractivity contribution < 1.29 is 4.74 Å². The molecular formula is C17H25N3O. The predicted octanol–water partition coefficient (Wildman–Crippen LogP) is 3.42. The smallest absolute Gasteiger partial charge is 0.133 e. The molecule has 0 spiro atoms. The summed E-state index contributed by atoms with van der Waals surface area (Å²) in [6, 6.07) is 8.05. The zero-order chi connectivity index (χ0) is 15.3. The number of nitrogens with two attached hydrogens (primary N) is 1. The Kier molecular flexibility index (Phi) is 5.02. The fraction of sp³-hybridized carbons (Fsp3) is 0.471. The van der Waals surface area contributed by atoms with E-state index in [1.807, 2.05) is 24.4 Å². The van der Waals surface area contributed by atoms with Crippen LogP contribution in [0.1, 0.15) is 26.7 Å². The lowest BCUT2D eigenvalue weighted by atomic mass is 9.82. The molecule has 114 valence electrons. The molecule has 2 aromatic rings. The molecule has 1 aromatic heterocycles. The van der Waals surface area contributed by atoms with E-state index in [0.29, 0.717) is 6.54 Å². The molecule has 0 atom stereocenters. The van der Waals surface area contributed by atoms with Crippen molar-refractivity contribution in [1.29, 1.82) is 0 Å². The molecule has 0 unspecified atom stereocenters. The fourth-order valence-electron chi connectivity index (χ4n) is 2.55. The quantitative estimate of drug-likeness (QED) is 0.819. The number of methoxy groups -OCH3 is 1. The van der Waals surface area contributed by atoms with Crippen molar-refractivity contribution in [2.24, 2.45) is 11.1 Å². The molecule has 4 nitrogen and oxygen atoms in total. The number of nitrogens with zero attached hydrogens (tertiary/aromatic N) is 1. The van der Waals surface area contributed by atoms with Gasteiger partial charge in [0.25, 0.3) is 0 Å². The van der Waals surface area contributed by atoms with Crippen molar-refractivity contribution in [2.45, 2.75) is 26.7 Å². The molecular weight excluding hydrogens is 262 g/mol. The second-order valence-electron chi connectivity index (χ2n) is 5.51. The highest BCUT2D eigenvalue weighted by atomic mass is 16.5. The molecule has 0 fully saturated rings. The van der Waals surface area contributed by atoms with Gasteiger partial charge < -0.3 is 15.8 Å². The third kappa shape index (κ3) is 3.27. The highest BCUT2D eigenvalue weighted by molar-refractivity contribution is 5.92. The van der Waals surface area contributed by atoms with Crippen molar-refractivity contribution in [3.8, 4) is 5.75 Å². The van der Waals surface area contributed by atoms with Crippen molar-refractivity contribution in [1.82, 2.24) is 4.98 Å². The van der Waals surface area contributed by atoms with Gasteiger partial charge in [-0.25, -0.2) is 4.98 Å². The summed E-state index contributed by atoms with van der Waals surface area (Å²) in [5, 5.41) is 5.72. The van der Waals surface area contributed by atoms with Gasteiger partial charge in [-0.3, -0.25) is 0 Å². The number of aromatic nitrogens is 1. The monoisotopic (exact) mass is 287 g/mol. The minimum Gasteiger partial charge on any atom is -0.497 e. The molecule has 4 heteroatoms. The number of rotatable bonds is 7. The summed E-state index contributed by atoms with van der Waals surface area (Å²) in [5.41, 5.74) is 6.10. The number of benzene rings is 1. The fourth-order valence-corrected chi connectivity index (χ4v) is 2.55. The molecule has 0 aliphatic carbocycles. The third-order valence-electron chi connectivity index (χ3n) is 4.54. The van der Waals surface area contributed by atoms with E-state index >= 15 is 0 Å². The number of ether oxygens (including phenoxy) is 1. The Bertz CT molecular complexity index is 585. The first-order valence-corrected chi connectivity index (χ1v) is 7.54. The Hall–Kier alpha value is -1.81. The Balaban J connectivity index is 2.29. The van der Waals surface area contributed by atoms with Gasteiger partial charge in [0, 0.05) is 18.1 Å². The van der Waals surface area contributed by atoms with Gasteiger partial charge in [-0.05, 0) is 48.4 Å². The molecule has 1 heterocycles. The summed E-state index contributed by atoms with van der Waals surface area (Å²) in [5.74, 6) is 1.74. The lowest BCUT2D eigenvalue weighted by Crippen LogP contribution is -2.36. The second-order valence-corrected chi connectivity index (χ2v) is 5.51. The Labute approximate surface area is 126 Å². The van der Waals surface area contributed by atoms with Crippen LogP contribution < -0.4 is 15.8 Å². The summed E-state index contributed by atoms with van der Waals surface area (Å²) in [6.45, 7) is 5.90. The van der Waals surface area contributed by atoms with Gasteiger partial charge in [-0.15, -0.1) is 0 Å². The molecule has 0 saturated carbocycles. The van der Waals surface area contributed by atoms with E-state index in [-0.39, 0.29) is 5.41 Å². The number of anilines is 1. The topological polar surface area (TPSA) is 60.2 Å². The highest BCUT2D eigenvalue weighted by Crippen LogP contribution is 2.29. The number of hydrogen-bond donors (Lipinski definition) is 2. The van der Waals surface area contributed by atoms with E-state index in [1.54, 1.807) is 7.11 Å². The largest absolute Gasteiger partial charge is 0.497 e. The van der Waals surface area contributed by atoms with Gasteiger partial charge in [-0.1, -0.05) is 19.9 Å². The molecule has 21 heavy (non-hydrogen) atoms. The van der Waals surface area contributed by atoms with Crippen LogP contribution in [0.3, 0.4) is 0 Å². The van der Waals surface area contributed by atoms with Crippen molar-refractivity contribution >= 4 is 16.6 Å². The maximum atomic E-state index is 5.97. The molecule has 0 aliphatic rings. The van der Waals surface area contributed by atoms with Crippen LogP contribution in [-0.4, -0.2) is 25.2 Å². The molecule has 0 aliphatic heterocycles. The molecule has 0 radical (unpaired) electrons. The maximum absolute atomic E-state index is 5.97. The summed E-state index contributed by atoms with van der Waals surface area (Å²) in [4.78, 5) is 4.48. The van der Waals surface area contributed by atoms with Crippen molar-refractivity contribution in [2.75, 3.05) is 25.5 Å².